The fourth-order valence-electron chi connectivity index (χ4n) is 5.74. The molecule has 0 radical (unpaired) electrons. The molecule has 6 unspecified atom stereocenters. The maximum absolute atomic E-state index is 12.5. The van der Waals surface area contributed by atoms with Crippen molar-refractivity contribution in [1.29, 1.82) is 0 Å². The average Bonchev–Trinajstić information content (AvgIpc) is 3.54. The number of hydrogen-bond donors (Lipinski definition) is 0. The van der Waals surface area contributed by atoms with Crippen LogP contribution in [0.4, 0.5) is 0 Å². The summed E-state index contributed by atoms with van der Waals surface area (Å²) in [6.07, 6.45) is 17.1. The SMILES string of the molecule is CC/C=C/CCCCCCCCCCCC(=O)CC1CC(=O)CC2(CC3OC(=O)C4OC4C3O2)O1. The van der Waals surface area contributed by atoms with Crippen molar-refractivity contribution in [1.82, 2.24) is 0 Å². The number of unbranched alkanes of at least 4 members (excludes halogenated alkanes) is 9. The third-order valence-electron chi connectivity index (χ3n) is 7.57. The van der Waals surface area contributed by atoms with Crippen LogP contribution in [-0.2, 0) is 33.3 Å². The smallest absolute Gasteiger partial charge is 0.338 e. The molecule has 4 aliphatic rings. The lowest BCUT2D eigenvalue weighted by atomic mass is 9.93. The molecule has 7 heteroatoms. The summed E-state index contributed by atoms with van der Waals surface area (Å²) in [4.78, 5) is 36.8. The van der Waals surface area contributed by atoms with Gasteiger partial charge in [-0.1, -0.05) is 64.0 Å². The number of allylic oxidation sites excluding steroid dienone is 2. The molecule has 1 spiro atoms. The number of esters is 1. The summed E-state index contributed by atoms with van der Waals surface area (Å²) in [5.41, 5.74) is 0. The van der Waals surface area contributed by atoms with Crippen LogP contribution in [0.5, 0.6) is 0 Å². The number of Topliss-reactive ketones (excluding diaryl/α,β-unsaturated/α-hetero) is 2. The molecular formula is C28H42O7. The summed E-state index contributed by atoms with van der Waals surface area (Å²) in [6, 6.07) is 0. The number of fused-ring (bicyclic) bond motifs is 3. The minimum atomic E-state index is -1.09. The van der Waals surface area contributed by atoms with E-state index in [9.17, 15) is 14.4 Å². The topological polar surface area (TPSA) is 91.4 Å². The molecule has 6 atom stereocenters. The van der Waals surface area contributed by atoms with Crippen LogP contribution in [-0.4, -0.2) is 53.8 Å². The number of ether oxygens (including phenoxy) is 4. The third-order valence-corrected chi connectivity index (χ3v) is 7.57. The van der Waals surface area contributed by atoms with E-state index in [0.29, 0.717) is 12.8 Å². The molecule has 0 amide bonds. The summed E-state index contributed by atoms with van der Waals surface area (Å²) < 4.78 is 23.1. The molecule has 4 saturated heterocycles. The molecule has 0 aliphatic carbocycles. The lowest BCUT2D eigenvalue weighted by molar-refractivity contribution is -0.263. The highest BCUT2D eigenvalue weighted by molar-refractivity contribution is 5.83. The minimum absolute atomic E-state index is 0.0321. The summed E-state index contributed by atoms with van der Waals surface area (Å²) in [5.74, 6) is -1.28. The number of hydrogen-bond acceptors (Lipinski definition) is 7. The van der Waals surface area contributed by atoms with Gasteiger partial charge in [0.05, 0.1) is 12.5 Å². The molecule has 35 heavy (non-hydrogen) atoms. The maximum Gasteiger partial charge on any atom is 0.338 e. The zero-order valence-electron chi connectivity index (χ0n) is 21.2. The minimum Gasteiger partial charge on any atom is -0.457 e. The third kappa shape index (κ3) is 7.46. The Bertz CT molecular complexity index is 777. The van der Waals surface area contributed by atoms with Gasteiger partial charge in [-0.25, -0.2) is 4.79 Å². The summed E-state index contributed by atoms with van der Waals surface area (Å²) in [6.45, 7) is 2.17. The second-order valence-electron chi connectivity index (χ2n) is 10.7. The zero-order valence-corrected chi connectivity index (χ0v) is 21.2. The van der Waals surface area contributed by atoms with Crippen molar-refractivity contribution >= 4 is 17.5 Å². The van der Waals surface area contributed by atoms with Crippen molar-refractivity contribution in [2.75, 3.05) is 0 Å². The Kier molecular flexibility index (Phi) is 9.53. The average molecular weight is 491 g/mol. The van der Waals surface area contributed by atoms with Gasteiger partial charge >= 0.3 is 5.97 Å². The molecule has 4 aliphatic heterocycles. The van der Waals surface area contributed by atoms with Crippen LogP contribution >= 0.6 is 0 Å². The van der Waals surface area contributed by atoms with E-state index >= 15 is 0 Å². The normalized spacial score (nSPS) is 33.7. The lowest BCUT2D eigenvalue weighted by Gasteiger charge is -2.37. The molecule has 0 bridgehead atoms. The van der Waals surface area contributed by atoms with E-state index in [2.05, 4.69) is 19.1 Å². The standard InChI is InChI=1S/C28H42O7/c1-2-3-4-5-6-7-8-9-10-11-12-13-14-15-20(29)16-22-17-21(30)18-28(34-22)19-23-24(35-28)25-26(33-25)27(31)32-23/h3-4,22-26H,2,5-19H2,1H3/b4-3+. The van der Waals surface area contributed by atoms with Crippen LogP contribution in [0.1, 0.15) is 110 Å². The fourth-order valence-corrected chi connectivity index (χ4v) is 5.74. The number of epoxide rings is 1. The van der Waals surface area contributed by atoms with Gasteiger partial charge in [-0.3, -0.25) is 9.59 Å². The Morgan fingerprint density at radius 2 is 1.66 bits per heavy atom. The molecule has 0 N–H and O–H groups in total. The van der Waals surface area contributed by atoms with E-state index in [1.165, 1.54) is 51.4 Å². The predicted octanol–water partition coefficient (Wildman–Crippen LogP) is 5.13. The Labute approximate surface area is 209 Å². The van der Waals surface area contributed by atoms with Crippen LogP contribution in [0.2, 0.25) is 0 Å². The van der Waals surface area contributed by atoms with Crippen molar-refractivity contribution in [2.45, 2.75) is 146 Å². The number of rotatable bonds is 15. The van der Waals surface area contributed by atoms with Crippen LogP contribution in [0.15, 0.2) is 12.2 Å². The molecule has 0 aromatic carbocycles. The van der Waals surface area contributed by atoms with E-state index in [-0.39, 0.29) is 49.0 Å². The number of carbonyl (C=O) groups is 3. The van der Waals surface area contributed by atoms with Gasteiger partial charge in [-0.15, -0.1) is 0 Å². The lowest BCUT2D eigenvalue weighted by Crippen LogP contribution is -2.45. The van der Waals surface area contributed by atoms with Crippen molar-refractivity contribution in [3.63, 3.8) is 0 Å². The largest absolute Gasteiger partial charge is 0.457 e. The molecule has 4 heterocycles. The Morgan fingerprint density at radius 3 is 2.40 bits per heavy atom. The highest BCUT2D eigenvalue weighted by Crippen LogP contribution is 2.48. The van der Waals surface area contributed by atoms with Gasteiger partial charge in [-0.2, -0.15) is 0 Å². The van der Waals surface area contributed by atoms with Gasteiger partial charge in [0.25, 0.3) is 0 Å². The molecule has 7 nitrogen and oxygen atoms in total. The first-order valence-electron chi connectivity index (χ1n) is 13.9. The first-order chi connectivity index (χ1) is 17.0. The monoisotopic (exact) mass is 490 g/mol. The number of carbonyl (C=O) groups excluding carboxylic acids is 3. The summed E-state index contributed by atoms with van der Waals surface area (Å²) in [7, 11) is 0. The van der Waals surface area contributed by atoms with Crippen molar-refractivity contribution < 1.29 is 33.3 Å². The maximum atomic E-state index is 12.5. The first kappa shape index (κ1) is 26.5. The van der Waals surface area contributed by atoms with Gasteiger partial charge in [-0.05, 0) is 25.7 Å². The van der Waals surface area contributed by atoms with Crippen LogP contribution < -0.4 is 0 Å². The van der Waals surface area contributed by atoms with Gasteiger partial charge < -0.3 is 18.9 Å². The van der Waals surface area contributed by atoms with Crippen molar-refractivity contribution in [2.24, 2.45) is 0 Å². The van der Waals surface area contributed by atoms with E-state index in [4.69, 9.17) is 18.9 Å². The molecule has 0 saturated carbocycles. The van der Waals surface area contributed by atoms with Crippen molar-refractivity contribution in [3.05, 3.63) is 12.2 Å². The van der Waals surface area contributed by atoms with Crippen LogP contribution in [0, 0.1) is 0 Å². The van der Waals surface area contributed by atoms with Gasteiger partial charge in [0.15, 0.2) is 11.9 Å². The van der Waals surface area contributed by atoms with E-state index in [0.717, 1.165) is 19.3 Å². The van der Waals surface area contributed by atoms with Crippen molar-refractivity contribution in [3.8, 4) is 0 Å². The van der Waals surface area contributed by atoms with Gasteiger partial charge in [0.1, 0.15) is 29.9 Å². The van der Waals surface area contributed by atoms with Gasteiger partial charge in [0.2, 0.25) is 0 Å². The predicted molar refractivity (Wildman–Crippen MR) is 130 cm³/mol. The van der Waals surface area contributed by atoms with E-state index in [1.807, 2.05) is 0 Å². The second kappa shape index (κ2) is 12.6. The molecule has 196 valence electrons. The molecule has 4 fully saturated rings. The van der Waals surface area contributed by atoms with E-state index < -0.39 is 24.1 Å². The van der Waals surface area contributed by atoms with Crippen LogP contribution in [0.25, 0.3) is 0 Å². The van der Waals surface area contributed by atoms with E-state index in [1.54, 1.807) is 0 Å². The van der Waals surface area contributed by atoms with Gasteiger partial charge in [0, 0.05) is 25.7 Å². The second-order valence-corrected chi connectivity index (χ2v) is 10.7. The quantitative estimate of drug-likeness (QED) is 0.136. The first-order valence-corrected chi connectivity index (χ1v) is 13.9. The Morgan fingerprint density at radius 1 is 0.943 bits per heavy atom. The number of ketones is 2. The highest BCUT2D eigenvalue weighted by Gasteiger charge is 2.66. The molecule has 0 aromatic rings. The van der Waals surface area contributed by atoms with Crippen LogP contribution in [0.3, 0.4) is 0 Å². The summed E-state index contributed by atoms with van der Waals surface area (Å²) >= 11 is 0. The molecular weight excluding hydrogens is 448 g/mol. The summed E-state index contributed by atoms with van der Waals surface area (Å²) in [5, 5.41) is 0. The molecule has 0 aromatic heterocycles. The Balaban J connectivity index is 1.06. The Hall–Kier alpha value is -1.57. The molecule has 4 rings (SSSR count). The highest BCUT2D eigenvalue weighted by atomic mass is 16.8. The fraction of sp³-hybridized carbons (Fsp3) is 0.821. The zero-order chi connectivity index (χ0) is 24.7.